The van der Waals surface area contributed by atoms with Crippen LogP contribution in [0.2, 0.25) is 0 Å². The van der Waals surface area contributed by atoms with E-state index in [1.54, 1.807) is 0 Å². The average molecular weight is 1300 g/mol. The number of rotatable bonds is 11. The summed E-state index contributed by atoms with van der Waals surface area (Å²) < 4.78 is 6.18. The van der Waals surface area contributed by atoms with E-state index >= 15 is 0 Å². The molecule has 3 aliphatic rings. The second-order valence-electron chi connectivity index (χ2n) is 25.5. The lowest BCUT2D eigenvalue weighted by molar-refractivity contribution is -0.726. The molecule has 2 aliphatic heterocycles. The minimum absolute atomic E-state index is 0.501. The number of anilines is 3. The zero-order chi connectivity index (χ0) is 67.2. The van der Waals surface area contributed by atoms with E-state index in [0.29, 0.717) is 5.75 Å². The van der Waals surface area contributed by atoms with Gasteiger partial charge in [-0.2, -0.15) is 0 Å². The van der Waals surface area contributed by atoms with Crippen LogP contribution < -0.4 is 39.7 Å². The lowest BCUT2D eigenvalue weighted by Gasteiger charge is -2.35. The Balaban J connectivity index is 0.000000156. The van der Waals surface area contributed by atoms with Crippen molar-refractivity contribution in [1.29, 1.82) is 0 Å². The third-order valence-electron chi connectivity index (χ3n) is 19.7. The Labute approximate surface area is 585 Å². The van der Waals surface area contributed by atoms with Gasteiger partial charge in [0, 0.05) is 52.6 Å². The molecule has 1 N–H and O–H groups in total. The van der Waals surface area contributed by atoms with Crippen molar-refractivity contribution in [3.05, 3.63) is 404 Å². The van der Waals surface area contributed by atoms with Crippen molar-refractivity contribution in [3.63, 3.8) is 0 Å². The zero-order valence-corrected chi connectivity index (χ0v) is 55.3. The molecule has 9 nitrogen and oxygen atoms in total. The molecule has 0 spiro atoms. The Morgan fingerprint density at radius 3 is 1.56 bits per heavy atom. The molecule has 1 aliphatic carbocycles. The van der Waals surface area contributed by atoms with E-state index in [9.17, 15) is 0 Å². The van der Waals surface area contributed by atoms with Crippen molar-refractivity contribution in [2.75, 3.05) is 15.8 Å². The lowest BCUT2D eigenvalue weighted by Crippen LogP contribution is -2.59. The molecule has 3 aromatic heterocycles. The average Bonchev–Trinajstić information content (AvgIpc) is 1.55. The molecule has 0 unspecified atom stereocenters. The van der Waals surface area contributed by atoms with Gasteiger partial charge in [0.1, 0.15) is 0 Å². The minimum atomic E-state index is -0.501. The van der Waals surface area contributed by atoms with E-state index in [4.69, 9.17) is 14.5 Å². The van der Waals surface area contributed by atoms with Gasteiger partial charge in [-0.3, -0.25) is 9.68 Å². The van der Waals surface area contributed by atoms with Crippen molar-refractivity contribution in [2.45, 2.75) is 12.3 Å². The quantitative estimate of drug-likeness (QED) is 0.130. The van der Waals surface area contributed by atoms with Gasteiger partial charge in [0.15, 0.2) is 5.75 Å². The van der Waals surface area contributed by atoms with Crippen LogP contribution in [0.5, 0.6) is 17.2 Å². The molecule has 0 radical (unpaired) electrons. The fourth-order valence-electron chi connectivity index (χ4n) is 15.0. The summed E-state index contributed by atoms with van der Waals surface area (Å²) in [7, 11) is 0. The number of nitrogens with zero attached hydrogens (tertiary/aromatic N) is 5. The zero-order valence-electron chi connectivity index (χ0n) is 55.3. The molecule has 0 saturated carbocycles. The van der Waals surface area contributed by atoms with Gasteiger partial charge in [-0.15, -0.1) is 0 Å². The van der Waals surface area contributed by atoms with Crippen LogP contribution in [0.25, 0.3) is 93.8 Å². The maximum absolute atomic E-state index is 5.99. The first-order chi connectivity index (χ1) is 50.0. The van der Waals surface area contributed by atoms with E-state index in [1.807, 2.05) is 95.3 Å². The molecule has 0 fully saturated rings. The number of para-hydroxylation sites is 4. The van der Waals surface area contributed by atoms with Crippen LogP contribution in [0, 0.1) is 6.92 Å². The van der Waals surface area contributed by atoms with Crippen LogP contribution >= 0.6 is 0 Å². The molecule has 480 valence electrons. The molecule has 101 heavy (non-hydrogen) atoms. The van der Waals surface area contributed by atoms with E-state index in [1.165, 1.54) is 93.7 Å². The molecule has 14 aromatic carbocycles. The number of pyridine rings is 2. The van der Waals surface area contributed by atoms with Gasteiger partial charge in [-0.1, -0.05) is 243 Å². The van der Waals surface area contributed by atoms with E-state index in [0.717, 1.165) is 61.9 Å². The molecule has 20 rings (SSSR count). The van der Waals surface area contributed by atoms with Crippen LogP contribution in [0.4, 0.5) is 17.1 Å². The first-order valence-corrected chi connectivity index (χ1v) is 34.1. The number of hydrogen-bond acceptors (Lipinski definition) is 6. The summed E-state index contributed by atoms with van der Waals surface area (Å²) in [5, 5.41) is 6.22. The van der Waals surface area contributed by atoms with Crippen LogP contribution in [0.1, 0.15) is 27.9 Å². The predicted molar refractivity (Wildman–Crippen MR) is 408 cm³/mol. The van der Waals surface area contributed by atoms with Crippen LogP contribution in [-0.2, 0) is 5.41 Å². The molecule has 0 amide bonds. The summed E-state index contributed by atoms with van der Waals surface area (Å²) in [5.41, 5.74) is 27.0. The first-order valence-electron chi connectivity index (χ1n) is 34.1. The normalized spacial score (nSPS) is 12.5. The number of aromatic nitrogens is 3. The van der Waals surface area contributed by atoms with Gasteiger partial charge in [0.25, 0.3) is 11.0 Å². The van der Waals surface area contributed by atoms with Crippen molar-refractivity contribution < 1.29 is 23.9 Å². The van der Waals surface area contributed by atoms with Crippen molar-refractivity contribution in [2.24, 2.45) is 0 Å². The SMILES string of the molecule is Cc1ccc2cccc3c2[n+]1N(Oc1ccc(-c2ccccc2)cc1)O3.c1cc2c3c(c1)ccc[n+]3NO2.c1ccc(-c2ccc(N(c3ccc(-c4ccc5c(c4)c4ccccc4n5-c4ccccc4)cc3)c3ccc4c(c3)C(c3ccccc3)(c3ccccc3)c3ccccc3-4)cc2)cc1. The van der Waals surface area contributed by atoms with Crippen LogP contribution in [-0.4, -0.2) is 4.57 Å². The highest BCUT2D eigenvalue weighted by atomic mass is 17.0. The van der Waals surface area contributed by atoms with Crippen molar-refractivity contribution in [1.82, 2.24) is 4.57 Å². The first kappa shape index (κ1) is 60.0. The molecule has 0 atom stereocenters. The Morgan fingerprint density at radius 2 is 0.891 bits per heavy atom. The molecule has 17 aromatic rings. The Kier molecular flexibility index (Phi) is 15.1. The summed E-state index contributed by atoms with van der Waals surface area (Å²) in [4.78, 5) is 19.5. The smallest absolute Gasteiger partial charge is 0.295 e. The Bertz CT molecular complexity index is 5820. The summed E-state index contributed by atoms with van der Waals surface area (Å²) in [6.45, 7) is 2.03. The van der Waals surface area contributed by atoms with Crippen LogP contribution in [0.3, 0.4) is 0 Å². The van der Waals surface area contributed by atoms with Crippen LogP contribution in [0.15, 0.2) is 376 Å². The second-order valence-corrected chi connectivity index (χ2v) is 25.5. The van der Waals surface area contributed by atoms with Gasteiger partial charge in [0.2, 0.25) is 28.7 Å². The summed E-state index contributed by atoms with van der Waals surface area (Å²) in [5.74, 6) is 2.38. The highest BCUT2D eigenvalue weighted by Crippen LogP contribution is 2.57. The van der Waals surface area contributed by atoms with Gasteiger partial charge in [-0.25, -0.2) is 0 Å². The maximum Gasteiger partial charge on any atom is 0.295 e. The fraction of sp³-hybridized carbons (Fsp3) is 0.0217. The number of hydrogen-bond donors (Lipinski definition) is 1. The molecular weight excluding hydrogens is 1240 g/mol. The topological polar surface area (TPSA) is 58.9 Å². The third-order valence-corrected chi connectivity index (χ3v) is 19.7. The molecule has 5 heterocycles. The van der Waals surface area contributed by atoms with Gasteiger partial charge < -0.3 is 14.3 Å². The maximum atomic E-state index is 5.99. The van der Waals surface area contributed by atoms with Crippen molar-refractivity contribution in [3.8, 4) is 67.4 Å². The van der Waals surface area contributed by atoms with Gasteiger partial charge >= 0.3 is 0 Å². The standard InChI is InChI=1S/C61H42N2.C22H17N2O2.C9H7N2O/c1-5-17-43(18-6-1)44-29-34-50(35-30-44)62(51-36-31-45(32-37-51)46-33-40-60-56(41-46)55-26-14-16-28-59(55)63(60)49-23-11-4-12-24-49)52-38-39-54-53-25-13-15-27-57(53)61(58(54)42-52,47-19-7-2-8-20-47)48-21-9-3-10-22-48;1-16-10-11-19-8-5-9-21-22(19)23(16)24(26-21)25-20-14-12-18(13-15-20)17-6-3-2-4-7-17;1-3-7-4-2-6-11-9(7)8(5-1)12-10-11/h1-42H;2-15H,1H3;1-6,10H/q;2*+1. The van der Waals surface area contributed by atoms with E-state index < -0.39 is 5.41 Å². The molecule has 0 saturated heterocycles. The van der Waals surface area contributed by atoms with E-state index in [-0.39, 0.29) is 0 Å². The number of nitrogens with one attached hydrogen (secondary N) is 1. The molecule has 9 heteroatoms. The molecular formula is C92H66N6O3+2. The lowest BCUT2D eigenvalue weighted by atomic mass is 9.67. The summed E-state index contributed by atoms with van der Waals surface area (Å²) in [6.07, 6.45) is 1.93. The van der Waals surface area contributed by atoms with E-state index in [2.05, 4.69) is 312 Å². The highest BCUT2D eigenvalue weighted by molar-refractivity contribution is 6.10. The highest BCUT2D eigenvalue weighted by Gasteiger charge is 2.46. The third kappa shape index (κ3) is 10.7. The number of aryl methyl sites for hydroxylation is 1. The molecule has 0 bridgehead atoms. The number of fused-ring (bicyclic) bond motifs is 6. The summed E-state index contributed by atoms with van der Waals surface area (Å²) >= 11 is 0. The fourth-order valence-corrected chi connectivity index (χ4v) is 15.0. The van der Waals surface area contributed by atoms with Gasteiger partial charge in [0.05, 0.1) is 27.2 Å². The van der Waals surface area contributed by atoms with Crippen molar-refractivity contribution >= 4 is 60.7 Å². The monoisotopic (exact) mass is 1300 g/mol. The van der Waals surface area contributed by atoms with Gasteiger partial charge in [-0.05, 0) is 197 Å². The second kappa shape index (κ2) is 25.5. The summed E-state index contributed by atoms with van der Waals surface area (Å²) in [6, 6.07) is 132. The largest absolute Gasteiger partial charge is 0.327 e. The predicted octanol–water partition coefficient (Wildman–Crippen LogP) is 21.3. The Hall–Kier alpha value is -13.5. The Morgan fingerprint density at radius 1 is 0.376 bits per heavy atom. The minimum Gasteiger partial charge on any atom is -0.327 e. The number of benzene rings is 14.